The minimum Gasteiger partial charge on any atom is -0.361 e. The molecule has 2 heterocycles. The van der Waals surface area contributed by atoms with Crippen LogP contribution in [0.5, 0.6) is 0 Å². The number of nitrogens with zero attached hydrogens (tertiary/aromatic N) is 1. The van der Waals surface area contributed by atoms with Gasteiger partial charge in [0.25, 0.3) is 0 Å². The van der Waals surface area contributed by atoms with Gasteiger partial charge in [0.1, 0.15) is 5.82 Å². The first-order valence-corrected chi connectivity index (χ1v) is 9.18. The third-order valence-electron chi connectivity index (χ3n) is 3.37. The number of nitrogens with one attached hydrogen (secondary N) is 2. The Balaban J connectivity index is 0.000000227. The highest BCUT2D eigenvalue weighted by Crippen LogP contribution is 2.15. The molecule has 0 aliphatic rings. The molecule has 0 fully saturated rings. The fourth-order valence-electron chi connectivity index (χ4n) is 2.23. The number of benzene rings is 2. The summed E-state index contributed by atoms with van der Waals surface area (Å²) in [5.41, 5.74) is 8.80. The number of hydrogen-bond acceptors (Lipinski definition) is 2. The molecule has 2 aromatic carbocycles. The molecule has 4 rings (SSSR count). The van der Waals surface area contributed by atoms with Gasteiger partial charge in [-0.15, -0.1) is 0 Å². The van der Waals surface area contributed by atoms with Crippen molar-refractivity contribution in [3.8, 4) is 11.3 Å². The fraction of sp³-hybridized carbons (Fsp3) is 0.227. The number of para-hydroxylation sites is 1. The van der Waals surface area contributed by atoms with E-state index in [2.05, 4.69) is 33.2 Å². The SMILES string of the molecule is CC.CC.NCc1ncc(-c2ccccc2)[nH]1.c1ccc2[nH]ccc2c1. The number of rotatable bonds is 2. The van der Waals surface area contributed by atoms with Crippen LogP contribution < -0.4 is 5.73 Å². The third kappa shape index (κ3) is 6.22. The molecule has 0 atom stereocenters. The Hall–Kier alpha value is -2.85. The van der Waals surface area contributed by atoms with Gasteiger partial charge >= 0.3 is 0 Å². The molecule has 0 radical (unpaired) electrons. The zero-order valence-electron chi connectivity index (χ0n) is 16.2. The standard InChI is InChI=1S/C10H11N3.C8H7N.2C2H6/c11-6-10-12-7-9(13-10)8-4-2-1-3-5-8;1-2-4-8-7(3-1)5-6-9-8;2*1-2/h1-5,7H,6,11H2,(H,12,13);1-6,9H;2*1-2H3. The van der Waals surface area contributed by atoms with Crippen LogP contribution in [0.25, 0.3) is 22.2 Å². The van der Waals surface area contributed by atoms with E-state index in [1.807, 2.05) is 76.4 Å². The van der Waals surface area contributed by atoms with Crippen molar-refractivity contribution in [1.82, 2.24) is 15.0 Å². The topological polar surface area (TPSA) is 70.5 Å². The lowest BCUT2D eigenvalue weighted by atomic mass is 10.2. The average Bonchev–Trinajstić information content (AvgIpc) is 3.41. The van der Waals surface area contributed by atoms with Crippen LogP contribution in [-0.2, 0) is 6.54 Å². The van der Waals surface area contributed by atoms with Gasteiger partial charge in [0.05, 0.1) is 18.4 Å². The number of aromatic nitrogens is 3. The number of H-pyrrole nitrogens is 2. The summed E-state index contributed by atoms with van der Waals surface area (Å²) < 4.78 is 0. The summed E-state index contributed by atoms with van der Waals surface area (Å²) in [6.45, 7) is 8.45. The maximum atomic E-state index is 5.45. The van der Waals surface area contributed by atoms with E-state index in [9.17, 15) is 0 Å². The van der Waals surface area contributed by atoms with E-state index < -0.39 is 0 Å². The van der Waals surface area contributed by atoms with Crippen molar-refractivity contribution in [2.24, 2.45) is 5.73 Å². The van der Waals surface area contributed by atoms with Crippen molar-refractivity contribution >= 4 is 10.9 Å². The minimum atomic E-state index is 0.451. The van der Waals surface area contributed by atoms with E-state index in [1.165, 1.54) is 10.9 Å². The minimum absolute atomic E-state index is 0.451. The molecular weight excluding hydrogens is 320 g/mol. The number of hydrogen-bond donors (Lipinski definition) is 3. The second kappa shape index (κ2) is 12.5. The lowest BCUT2D eigenvalue weighted by molar-refractivity contribution is 0.950. The van der Waals surface area contributed by atoms with E-state index in [0.29, 0.717) is 6.54 Å². The zero-order chi connectivity index (χ0) is 19.2. The smallest absolute Gasteiger partial charge is 0.120 e. The Morgan fingerprint density at radius 2 is 1.50 bits per heavy atom. The number of imidazole rings is 1. The van der Waals surface area contributed by atoms with Crippen molar-refractivity contribution in [3.05, 3.63) is 78.9 Å². The van der Waals surface area contributed by atoms with Crippen molar-refractivity contribution < 1.29 is 0 Å². The van der Waals surface area contributed by atoms with E-state index in [4.69, 9.17) is 5.73 Å². The highest BCUT2D eigenvalue weighted by atomic mass is 14.9. The molecule has 26 heavy (non-hydrogen) atoms. The maximum Gasteiger partial charge on any atom is 0.120 e. The Bertz CT molecular complexity index is 801. The summed E-state index contributed by atoms with van der Waals surface area (Å²) in [5.74, 6) is 0.818. The van der Waals surface area contributed by atoms with Gasteiger partial charge in [0, 0.05) is 11.7 Å². The molecule has 138 valence electrons. The van der Waals surface area contributed by atoms with Gasteiger partial charge in [-0.25, -0.2) is 4.98 Å². The monoisotopic (exact) mass is 350 g/mol. The summed E-state index contributed by atoms with van der Waals surface area (Å²) in [5, 5.41) is 1.28. The van der Waals surface area contributed by atoms with Gasteiger partial charge in [-0.3, -0.25) is 0 Å². The zero-order valence-corrected chi connectivity index (χ0v) is 16.2. The lowest BCUT2D eigenvalue weighted by Gasteiger charge is -1.94. The van der Waals surface area contributed by atoms with Crippen LogP contribution in [0.3, 0.4) is 0 Å². The van der Waals surface area contributed by atoms with Gasteiger partial charge < -0.3 is 15.7 Å². The van der Waals surface area contributed by atoms with E-state index in [-0.39, 0.29) is 0 Å². The molecule has 0 spiro atoms. The molecule has 4 nitrogen and oxygen atoms in total. The molecule has 0 saturated carbocycles. The van der Waals surface area contributed by atoms with Crippen LogP contribution in [0.1, 0.15) is 33.5 Å². The quantitative estimate of drug-likeness (QED) is 0.430. The first-order valence-electron chi connectivity index (χ1n) is 9.18. The van der Waals surface area contributed by atoms with Gasteiger partial charge in [-0.2, -0.15) is 0 Å². The van der Waals surface area contributed by atoms with E-state index in [1.54, 1.807) is 6.20 Å². The molecule has 0 bridgehead atoms. The molecule has 4 aromatic rings. The summed E-state index contributed by atoms with van der Waals surface area (Å²) >= 11 is 0. The van der Waals surface area contributed by atoms with Crippen molar-refractivity contribution in [3.63, 3.8) is 0 Å². The normalized spacial score (nSPS) is 9.12. The second-order valence-electron chi connectivity index (χ2n) is 4.88. The maximum absolute atomic E-state index is 5.45. The lowest BCUT2D eigenvalue weighted by Crippen LogP contribution is -1.97. The number of nitrogens with two attached hydrogens (primary N) is 1. The van der Waals surface area contributed by atoms with Crippen LogP contribution >= 0.6 is 0 Å². The van der Waals surface area contributed by atoms with Gasteiger partial charge in [-0.05, 0) is 23.1 Å². The predicted molar refractivity (Wildman–Crippen MR) is 113 cm³/mol. The van der Waals surface area contributed by atoms with Crippen LogP contribution in [0, 0.1) is 0 Å². The van der Waals surface area contributed by atoms with Crippen LogP contribution in [-0.4, -0.2) is 15.0 Å². The van der Waals surface area contributed by atoms with Crippen LogP contribution in [0.2, 0.25) is 0 Å². The van der Waals surface area contributed by atoms with Crippen LogP contribution in [0.15, 0.2) is 73.1 Å². The Morgan fingerprint density at radius 3 is 2.12 bits per heavy atom. The molecule has 0 saturated heterocycles. The highest BCUT2D eigenvalue weighted by molar-refractivity contribution is 5.78. The largest absolute Gasteiger partial charge is 0.361 e. The molecule has 2 aromatic heterocycles. The van der Waals surface area contributed by atoms with E-state index in [0.717, 1.165) is 17.1 Å². The summed E-state index contributed by atoms with van der Waals surface area (Å²) in [7, 11) is 0. The second-order valence-corrected chi connectivity index (χ2v) is 4.88. The summed E-state index contributed by atoms with van der Waals surface area (Å²) in [6, 6.07) is 20.3. The van der Waals surface area contributed by atoms with Crippen molar-refractivity contribution in [1.29, 1.82) is 0 Å². The van der Waals surface area contributed by atoms with Crippen LogP contribution in [0.4, 0.5) is 0 Å². The Morgan fingerprint density at radius 1 is 0.846 bits per heavy atom. The molecule has 0 amide bonds. The number of aromatic amines is 2. The van der Waals surface area contributed by atoms with Gasteiger partial charge in [-0.1, -0.05) is 76.2 Å². The highest BCUT2D eigenvalue weighted by Gasteiger charge is 1.99. The predicted octanol–water partition coefficient (Wildman–Crippen LogP) is 5.76. The molecule has 0 unspecified atom stereocenters. The van der Waals surface area contributed by atoms with Gasteiger partial charge in [0.15, 0.2) is 0 Å². The Labute approximate surface area is 156 Å². The molecule has 0 aliphatic heterocycles. The number of fused-ring (bicyclic) bond motifs is 1. The van der Waals surface area contributed by atoms with E-state index >= 15 is 0 Å². The first-order chi connectivity index (χ1) is 12.9. The molecular formula is C22H30N4. The molecule has 0 aliphatic carbocycles. The average molecular weight is 351 g/mol. The Kier molecular flexibility index (Phi) is 10.2. The molecule has 4 heteroatoms. The van der Waals surface area contributed by atoms with Crippen molar-refractivity contribution in [2.75, 3.05) is 0 Å². The first kappa shape index (κ1) is 21.2. The van der Waals surface area contributed by atoms with Crippen molar-refractivity contribution in [2.45, 2.75) is 34.2 Å². The molecule has 4 N–H and O–H groups in total. The van der Waals surface area contributed by atoms with Gasteiger partial charge in [0.2, 0.25) is 0 Å². The summed E-state index contributed by atoms with van der Waals surface area (Å²) in [6.07, 6.45) is 3.75. The fourth-order valence-corrected chi connectivity index (χ4v) is 2.23. The third-order valence-corrected chi connectivity index (χ3v) is 3.37. The summed E-state index contributed by atoms with van der Waals surface area (Å²) in [4.78, 5) is 10.4.